The molecular formula is C14H21N. The number of nitrogens with one attached hydrogen (secondary N) is 1. The minimum Gasteiger partial charge on any atom is -0.316 e. The van der Waals surface area contributed by atoms with Crippen LogP contribution in [-0.4, -0.2) is 13.6 Å². The molecule has 15 heavy (non-hydrogen) atoms. The Morgan fingerprint density at radius 2 is 2.00 bits per heavy atom. The van der Waals surface area contributed by atoms with Crippen LogP contribution in [0.3, 0.4) is 0 Å². The van der Waals surface area contributed by atoms with Gasteiger partial charge in [0.25, 0.3) is 0 Å². The van der Waals surface area contributed by atoms with E-state index in [0.717, 1.165) is 13.0 Å². The van der Waals surface area contributed by atoms with Gasteiger partial charge in [0.15, 0.2) is 0 Å². The van der Waals surface area contributed by atoms with Crippen LogP contribution < -0.4 is 5.32 Å². The molecule has 0 bridgehead atoms. The van der Waals surface area contributed by atoms with Gasteiger partial charge in [0, 0.05) is 6.54 Å². The van der Waals surface area contributed by atoms with E-state index in [1.54, 1.807) is 0 Å². The summed E-state index contributed by atoms with van der Waals surface area (Å²) in [6.45, 7) is 5.45. The van der Waals surface area contributed by atoms with E-state index in [1.165, 1.54) is 11.1 Å². The normalized spacial score (nSPS) is 13.9. The van der Waals surface area contributed by atoms with Gasteiger partial charge in [-0.3, -0.25) is 0 Å². The molecule has 0 aliphatic carbocycles. The lowest BCUT2D eigenvalue weighted by Gasteiger charge is -2.10. The third-order valence-corrected chi connectivity index (χ3v) is 2.67. The Morgan fingerprint density at radius 3 is 2.53 bits per heavy atom. The van der Waals surface area contributed by atoms with E-state index in [2.05, 4.69) is 55.6 Å². The Bertz CT molecular complexity index is 300. The van der Waals surface area contributed by atoms with Crippen molar-refractivity contribution in [2.45, 2.75) is 26.2 Å². The summed E-state index contributed by atoms with van der Waals surface area (Å²) >= 11 is 0. The summed E-state index contributed by atoms with van der Waals surface area (Å²) in [7, 11) is 2.00. The van der Waals surface area contributed by atoms with Crippen LogP contribution in [0.5, 0.6) is 0 Å². The van der Waals surface area contributed by atoms with Crippen LogP contribution in [0.1, 0.15) is 31.7 Å². The lowest BCUT2D eigenvalue weighted by Crippen LogP contribution is -2.10. The van der Waals surface area contributed by atoms with Gasteiger partial charge < -0.3 is 5.32 Å². The molecule has 0 aliphatic rings. The first-order chi connectivity index (χ1) is 7.27. The van der Waals surface area contributed by atoms with E-state index in [1.807, 2.05) is 7.05 Å². The van der Waals surface area contributed by atoms with Crippen LogP contribution in [0.4, 0.5) is 0 Å². The smallest absolute Gasteiger partial charge is 0.0161 e. The summed E-state index contributed by atoms with van der Waals surface area (Å²) in [5, 5.41) is 3.21. The number of rotatable bonds is 5. The Balaban J connectivity index is 2.72. The minimum atomic E-state index is 0.509. The van der Waals surface area contributed by atoms with Gasteiger partial charge in [-0.15, -0.1) is 0 Å². The molecule has 0 aliphatic heterocycles. The predicted molar refractivity (Wildman–Crippen MR) is 67.2 cm³/mol. The van der Waals surface area contributed by atoms with Crippen LogP contribution in [0, 0.1) is 0 Å². The van der Waals surface area contributed by atoms with Crippen molar-refractivity contribution in [1.82, 2.24) is 5.32 Å². The summed E-state index contributed by atoms with van der Waals surface area (Å²) in [6.07, 6.45) is 3.49. The third kappa shape index (κ3) is 3.88. The average Bonchev–Trinajstić information content (AvgIpc) is 2.29. The van der Waals surface area contributed by atoms with Crippen LogP contribution in [0.25, 0.3) is 0 Å². The zero-order valence-electron chi connectivity index (χ0n) is 9.96. The monoisotopic (exact) mass is 203 g/mol. The van der Waals surface area contributed by atoms with Crippen LogP contribution in [0.15, 0.2) is 42.0 Å². The number of hydrogen-bond acceptors (Lipinski definition) is 1. The number of benzene rings is 1. The van der Waals surface area contributed by atoms with E-state index >= 15 is 0 Å². The first-order valence-corrected chi connectivity index (χ1v) is 5.67. The molecule has 0 spiro atoms. The molecule has 1 atom stereocenters. The zero-order valence-corrected chi connectivity index (χ0v) is 9.96. The maximum absolute atomic E-state index is 3.21. The van der Waals surface area contributed by atoms with Crippen molar-refractivity contribution in [1.29, 1.82) is 0 Å². The van der Waals surface area contributed by atoms with Crippen molar-refractivity contribution in [2.75, 3.05) is 13.6 Å². The van der Waals surface area contributed by atoms with Crippen molar-refractivity contribution < 1.29 is 0 Å². The molecule has 0 amide bonds. The molecule has 0 aromatic heterocycles. The van der Waals surface area contributed by atoms with Gasteiger partial charge in [-0.05, 0) is 24.9 Å². The topological polar surface area (TPSA) is 12.0 Å². The molecule has 1 aromatic rings. The van der Waals surface area contributed by atoms with Gasteiger partial charge in [0.05, 0.1) is 0 Å². The van der Waals surface area contributed by atoms with Crippen molar-refractivity contribution >= 4 is 0 Å². The van der Waals surface area contributed by atoms with E-state index in [0.29, 0.717) is 5.92 Å². The average molecular weight is 203 g/mol. The molecule has 1 nitrogen and oxygen atoms in total. The number of hydrogen-bond donors (Lipinski definition) is 1. The Kier molecular flexibility index (Phi) is 5.13. The Hall–Kier alpha value is -1.08. The lowest BCUT2D eigenvalue weighted by molar-refractivity contribution is 0.822. The molecular weight excluding hydrogens is 182 g/mol. The summed E-state index contributed by atoms with van der Waals surface area (Å²) < 4.78 is 0. The van der Waals surface area contributed by atoms with Gasteiger partial charge in [-0.1, -0.05) is 55.8 Å². The van der Waals surface area contributed by atoms with Gasteiger partial charge >= 0.3 is 0 Å². The highest BCUT2D eigenvalue weighted by Gasteiger charge is 2.02. The molecule has 0 heterocycles. The van der Waals surface area contributed by atoms with E-state index in [-0.39, 0.29) is 0 Å². The quantitative estimate of drug-likeness (QED) is 0.724. The summed E-state index contributed by atoms with van der Waals surface area (Å²) in [5.74, 6) is 0.509. The molecule has 0 fully saturated rings. The number of likely N-dealkylation sites (N-methyl/N-ethyl adjacent to an activating group) is 1. The lowest BCUT2D eigenvalue weighted by atomic mass is 9.97. The van der Waals surface area contributed by atoms with E-state index < -0.39 is 0 Å². The molecule has 0 radical (unpaired) electrons. The third-order valence-electron chi connectivity index (χ3n) is 2.67. The van der Waals surface area contributed by atoms with E-state index in [9.17, 15) is 0 Å². The highest BCUT2D eigenvalue weighted by Crippen LogP contribution is 2.18. The standard InChI is InChI=1S/C14H21N/c1-4-13(11-15-3)10-12(2)14-8-6-5-7-9-14/h5-10,12,15H,4,11H2,1-3H3/b13-10-. The van der Waals surface area contributed by atoms with Crippen molar-refractivity contribution in [2.24, 2.45) is 0 Å². The summed E-state index contributed by atoms with van der Waals surface area (Å²) in [4.78, 5) is 0. The molecule has 0 saturated heterocycles. The van der Waals surface area contributed by atoms with Gasteiger partial charge in [-0.2, -0.15) is 0 Å². The second-order valence-electron chi connectivity index (χ2n) is 3.91. The minimum absolute atomic E-state index is 0.509. The fourth-order valence-electron chi connectivity index (χ4n) is 1.74. The van der Waals surface area contributed by atoms with Crippen LogP contribution in [-0.2, 0) is 0 Å². The molecule has 1 aromatic carbocycles. The van der Waals surface area contributed by atoms with Gasteiger partial charge in [-0.25, -0.2) is 0 Å². The number of allylic oxidation sites excluding steroid dienone is 1. The summed E-state index contributed by atoms with van der Waals surface area (Å²) in [6, 6.07) is 10.6. The second kappa shape index (κ2) is 6.41. The predicted octanol–water partition coefficient (Wildman–Crippen LogP) is 3.35. The van der Waals surface area contributed by atoms with Gasteiger partial charge in [0.1, 0.15) is 0 Å². The fraction of sp³-hybridized carbons (Fsp3) is 0.429. The highest BCUT2D eigenvalue weighted by molar-refractivity contribution is 5.24. The van der Waals surface area contributed by atoms with E-state index in [4.69, 9.17) is 0 Å². The molecule has 1 rings (SSSR count). The SMILES string of the molecule is CC/C(=C/C(C)c1ccccc1)CNC. The molecule has 1 N–H and O–H groups in total. The first kappa shape index (κ1) is 12.0. The Morgan fingerprint density at radius 1 is 1.33 bits per heavy atom. The van der Waals surface area contributed by atoms with Crippen molar-refractivity contribution in [3.8, 4) is 0 Å². The van der Waals surface area contributed by atoms with Crippen LogP contribution >= 0.6 is 0 Å². The molecule has 1 unspecified atom stereocenters. The first-order valence-electron chi connectivity index (χ1n) is 5.67. The highest BCUT2D eigenvalue weighted by atomic mass is 14.8. The Labute approximate surface area is 93.2 Å². The molecule has 0 saturated carbocycles. The maximum Gasteiger partial charge on any atom is 0.0161 e. The summed E-state index contributed by atoms with van der Waals surface area (Å²) in [5.41, 5.74) is 2.87. The van der Waals surface area contributed by atoms with Crippen LogP contribution in [0.2, 0.25) is 0 Å². The molecule has 82 valence electrons. The fourth-order valence-corrected chi connectivity index (χ4v) is 1.74. The van der Waals surface area contributed by atoms with Gasteiger partial charge in [0.2, 0.25) is 0 Å². The van der Waals surface area contributed by atoms with Crippen molar-refractivity contribution in [3.05, 3.63) is 47.5 Å². The maximum atomic E-state index is 3.21. The molecule has 1 heteroatoms. The van der Waals surface area contributed by atoms with Crippen molar-refractivity contribution in [3.63, 3.8) is 0 Å². The largest absolute Gasteiger partial charge is 0.316 e. The second-order valence-corrected chi connectivity index (χ2v) is 3.91. The zero-order chi connectivity index (χ0) is 11.1.